The van der Waals surface area contributed by atoms with E-state index in [4.69, 9.17) is 9.47 Å². The average molecular weight is 447 g/mol. The van der Waals surface area contributed by atoms with Crippen molar-refractivity contribution >= 4 is 12.0 Å². The second-order valence-corrected chi connectivity index (χ2v) is 8.75. The zero-order valence-corrected chi connectivity index (χ0v) is 19.5. The molecule has 0 fully saturated rings. The van der Waals surface area contributed by atoms with Gasteiger partial charge in [0.25, 0.3) is 0 Å². The molecule has 0 radical (unpaired) electrons. The molecule has 0 saturated carbocycles. The minimum atomic E-state index is -0.629. The van der Waals surface area contributed by atoms with E-state index in [1.807, 2.05) is 42.5 Å². The van der Waals surface area contributed by atoms with Crippen LogP contribution in [0.3, 0.4) is 0 Å². The predicted octanol–water partition coefficient (Wildman–Crippen LogP) is 5.37. The van der Waals surface area contributed by atoms with Crippen LogP contribution in [0.5, 0.6) is 5.75 Å². The first-order chi connectivity index (χ1) is 15.7. The fourth-order valence-corrected chi connectivity index (χ4v) is 3.08. The van der Waals surface area contributed by atoms with Gasteiger partial charge in [0.15, 0.2) is 0 Å². The first-order valence-corrected chi connectivity index (χ1v) is 10.8. The van der Waals surface area contributed by atoms with Crippen LogP contribution >= 0.6 is 0 Å². The minimum absolute atomic E-state index is 0.133. The van der Waals surface area contributed by atoms with Crippen LogP contribution in [-0.4, -0.2) is 29.7 Å². The molecule has 2 amide bonds. The fourth-order valence-electron chi connectivity index (χ4n) is 3.08. The number of nitrogens with one attached hydrogen (secondary N) is 1. The first-order valence-electron chi connectivity index (χ1n) is 10.8. The molecule has 0 aliphatic carbocycles. The van der Waals surface area contributed by atoms with Gasteiger partial charge in [-0.3, -0.25) is 10.2 Å². The highest BCUT2D eigenvalue weighted by molar-refractivity contribution is 5.81. The third-order valence-electron chi connectivity index (χ3n) is 4.71. The lowest BCUT2D eigenvalue weighted by Crippen LogP contribution is -2.46. The van der Waals surface area contributed by atoms with Gasteiger partial charge in [0.1, 0.15) is 18.0 Å². The van der Waals surface area contributed by atoms with Crippen molar-refractivity contribution in [2.75, 3.05) is 7.05 Å². The minimum Gasteiger partial charge on any atom is -0.489 e. The third-order valence-corrected chi connectivity index (χ3v) is 4.71. The fraction of sp³-hybridized carbons (Fsp3) is 0.259. The molecule has 0 atom stereocenters. The van der Waals surface area contributed by atoms with E-state index in [1.54, 1.807) is 20.8 Å². The number of ether oxygens (including phenoxy) is 2. The molecule has 0 bridgehead atoms. The van der Waals surface area contributed by atoms with Gasteiger partial charge in [0.2, 0.25) is 5.91 Å². The molecule has 0 heterocycles. The Hall–Kier alpha value is -3.80. The molecule has 1 N–H and O–H groups in total. The van der Waals surface area contributed by atoms with Crippen molar-refractivity contribution < 1.29 is 19.1 Å². The van der Waals surface area contributed by atoms with Crippen LogP contribution in [0.25, 0.3) is 11.1 Å². The Balaban J connectivity index is 1.47. The van der Waals surface area contributed by atoms with Crippen molar-refractivity contribution in [3.63, 3.8) is 0 Å². The molecule has 3 rings (SSSR count). The number of hydrazine groups is 1. The molecular formula is C27H30N2O4. The number of hydrogen-bond acceptors (Lipinski definition) is 4. The van der Waals surface area contributed by atoms with Gasteiger partial charge in [-0.25, -0.2) is 9.80 Å². The third kappa shape index (κ3) is 7.68. The first kappa shape index (κ1) is 23.9. The Kier molecular flexibility index (Phi) is 7.72. The summed E-state index contributed by atoms with van der Waals surface area (Å²) in [4.78, 5) is 24.2. The Morgan fingerprint density at radius 3 is 2.00 bits per heavy atom. The second kappa shape index (κ2) is 10.7. The largest absolute Gasteiger partial charge is 0.489 e. The summed E-state index contributed by atoms with van der Waals surface area (Å²) in [6.45, 7) is 5.76. The standard InChI is InChI=1S/C27H30N2O4/c1-27(2,3)33-26(31)29(4)28-25(30)18-20-12-16-24(17-13-20)32-19-21-10-14-23(15-11-21)22-8-6-5-7-9-22/h5-17H,18-19H2,1-4H3,(H,28,30). The van der Waals surface area contributed by atoms with Gasteiger partial charge in [-0.15, -0.1) is 0 Å². The highest BCUT2D eigenvalue weighted by Crippen LogP contribution is 2.20. The topological polar surface area (TPSA) is 67.9 Å². The molecule has 6 heteroatoms. The summed E-state index contributed by atoms with van der Waals surface area (Å²) in [5, 5.41) is 1.05. The van der Waals surface area contributed by atoms with Crippen molar-refractivity contribution in [3.8, 4) is 16.9 Å². The molecular weight excluding hydrogens is 416 g/mol. The summed E-state index contributed by atoms with van der Waals surface area (Å²) in [5.41, 5.74) is 6.12. The summed E-state index contributed by atoms with van der Waals surface area (Å²) in [6, 6.07) is 25.9. The van der Waals surface area contributed by atoms with Crippen LogP contribution in [0.1, 0.15) is 31.9 Å². The molecule has 0 spiro atoms. The Labute approximate surface area is 195 Å². The molecule has 33 heavy (non-hydrogen) atoms. The maximum atomic E-state index is 12.2. The summed E-state index contributed by atoms with van der Waals surface area (Å²) >= 11 is 0. The summed E-state index contributed by atoms with van der Waals surface area (Å²) in [6.07, 6.45) is -0.481. The number of hydrogen-bond donors (Lipinski definition) is 1. The monoisotopic (exact) mass is 446 g/mol. The number of amides is 2. The van der Waals surface area contributed by atoms with E-state index in [0.717, 1.165) is 21.9 Å². The molecule has 0 aliphatic heterocycles. The maximum Gasteiger partial charge on any atom is 0.428 e. The maximum absolute atomic E-state index is 12.2. The molecule has 3 aromatic carbocycles. The van der Waals surface area contributed by atoms with Crippen LogP contribution in [0.15, 0.2) is 78.9 Å². The van der Waals surface area contributed by atoms with E-state index in [9.17, 15) is 9.59 Å². The van der Waals surface area contributed by atoms with Gasteiger partial charge in [-0.05, 0) is 55.2 Å². The second-order valence-electron chi connectivity index (χ2n) is 8.75. The van der Waals surface area contributed by atoms with Gasteiger partial charge in [0.05, 0.1) is 6.42 Å². The zero-order valence-electron chi connectivity index (χ0n) is 19.5. The van der Waals surface area contributed by atoms with E-state index in [-0.39, 0.29) is 12.3 Å². The lowest BCUT2D eigenvalue weighted by molar-refractivity contribution is -0.124. The molecule has 172 valence electrons. The Morgan fingerprint density at radius 2 is 1.39 bits per heavy atom. The van der Waals surface area contributed by atoms with E-state index in [1.165, 1.54) is 18.2 Å². The molecule has 0 unspecified atom stereocenters. The van der Waals surface area contributed by atoms with Crippen LogP contribution < -0.4 is 10.2 Å². The van der Waals surface area contributed by atoms with Gasteiger partial charge < -0.3 is 9.47 Å². The van der Waals surface area contributed by atoms with Crippen molar-refractivity contribution in [3.05, 3.63) is 90.0 Å². The van der Waals surface area contributed by atoms with Crippen LogP contribution in [0.2, 0.25) is 0 Å². The number of rotatable bonds is 6. The highest BCUT2D eigenvalue weighted by atomic mass is 16.6. The number of carbonyl (C=O) groups is 2. The predicted molar refractivity (Wildman–Crippen MR) is 128 cm³/mol. The number of nitrogens with zero attached hydrogens (tertiary/aromatic N) is 1. The SMILES string of the molecule is CN(NC(=O)Cc1ccc(OCc2ccc(-c3ccccc3)cc2)cc1)C(=O)OC(C)(C)C. The smallest absolute Gasteiger partial charge is 0.428 e. The Bertz CT molecular complexity index is 1060. The molecule has 6 nitrogen and oxygen atoms in total. The summed E-state index contributed by atoms with van der Waals surface area (Å²) in [7, 11) is 1.45. The molecule has 0 saturated heterocycles. The lowest BCUT2D eigenvalue weighted by Gasteiger charge is -2.24. The van der Waals surface area contributed by atoms with Crippen LogP contribution in [-0.2, 0) is 22.6 Å². The van der Waals surface area contributed by atoms with Crippen molar-refractivity contribution in [2.24, 2.45) is 0 Å². The number of benzene rings is 3. The average Bonchev–Trinajstić information content (AvgIpc) is 2.78. The molecule has 0 aliphatic rings. The molecule has 3 aromatic rings. The summed E-state index contributed by atoms with van der Waals surface area (Å²) in [5.74, 6) is 0.410. The van der Waals surface area contributed by atoms with Crippen LogP contribution in [0, 0.1) is 0 Å². The normalized spacial score (nSPS) is 10.9. The Morgan fingerprint density at radius 1 is 0.818 bits per heavy atom. The highest BCUT2D eigenvalue weighted by Gasteiger charge is 2.20. The van der Waals surface area contributed by atoms with E-state index < -0.39 is 11.7 Å². The van der Waals surface area contributed by atoms with Gasteiger partial charge in [0, 0.05) is 7.05 Å². The van der Waals surface area contributed by atoms with Crippen LogP contribution in [0.4, 0.5) is 4.79 Å². The van der Waals surface area contributed by atoms with Crippen molar-refractivity contribution in [1.29, 1.82) is 0 Å². The zero-order chi connectivity index (χ0) is 23.8. The van der Waals surface area contributed by atoms with Crippen molar-refractivity contribution in [2.45, 2.75) is 39.4 Å². The van der Waals surface area contributed by atoms with Gasteiger partial charge >= 0.3 is 6.09 Å². The molecule has 0 aromatic heterocycles. The summed E-state index contributed by atoms with van der Waals surface area (Å²) < 4.78 is 11.1. The van der Waals surface area contributed by atoms with E-state index in [0.29, 0.717) is 6.61 Å². The lowest BCUT2D eigenvalue weighted by atomic mass is 10.0. The van der Waals surface area contributed by atoms with Gasteiger partial charge in [-0.2, -0.15) is 0 Å². The van der Waals surface area contributed by atoms with E-state index >= 15 is 0 Å². The van der Waals surface area contributed by atoms with Crippen molar-refractivity contribution in [1.82, 2.24) is 10.4 Å². The number of carbonyl (C=O) groups excluding carboxylic acids is 2. The van der Waals surface area contributed by atoms with E-state index in [2.05, 4.69) is 41.8 Å². The van der Waals surface area contributed by atoms with Gasteiger partial charge in [-0.1, -0.05) is 66.7 Å². The quantitative estimate of drug-likeness (QED) is 0.517.